The average Bonchev–Trinajstić information content (AvgIpc) is 2.80. The molecule has 1 atom stereocenters. The van der Waals surface area contributed by atoms with Gasteiger partial charge in [-0.25, -0.2) is 13.1 Å². The van der Waals surface area contributed by atoms with Crippen molar-refractivity contribution in [1.82, 2.24) is 15.0 Å². The highest BCUT2D eigenvalue weighted by Crippen LogP contribution is 2.12. The van der Waals surface area contributed by atoms with Crippen molar-refractivity contribution in [2.24, 2.45) is 5.92 Å². The Kier molecular flexibility index (Phi) is 4.20. The largest absolute Gasteiger partial charge is 0.367 e. The lowest BCUT2D eigenvalue weighted by Gasteiger charge is -2.22. The smallest absolute Gasteiger partial charge is 0.212 e. The summed E-state index contributed by atoms with van der Waals surface area (Å²) in [4.78, 5) is 2.90. The molecule has 5 nitrogen and oxygen atoms in total. The molecule has 2 rings (SSSR count). The predicted molar refractivity (Wildman–Crippen MR) is 67.0 cm³/mol. The van der Waals surface area contributed by atoms with Crippen molar-refractivity contribution in [2.75, 3.05) is 18.8 Å². The lowest BCUT2D eigenvalue weighted by Crippen LogP contribution is -2.37. The Labute approximate surface area is 102 Å². The molecule has 0 spiro atoms. The summed E-state index contributed by atoms with van der Waals surface area (Å²) >= 11 is 0. The molecule has 0 bridgehead atoms. The van der Waals surface area contributed by atoms with Crippen molar-refractivity contribution in [3.8, 4) is 0 Å². The van der Waals surface area contributed by atoms with E-state index in [4.69, 9.17) is 0 Å². The molecule has 1 saturated heterocycles. The van der Waals surface area contributed by atoms with Crippen LogP contribution in [-0.4, -0.2) is 32.2 Å². The van der Waals surface area contributed by atoms with Crippen molar-refractivity contribution >= 4 is 10.0 Å². The summed E-state index contributed by atoms with van der Waals surface area (Å²) in [6.45, 7) is 2.18. The number of sulfonamides is 1. The Balaban J connectivity index is 1.81. The van der Waals surface area contributed by atoms with E-state index in [1.807, 2.05) is 6.07 Å². The number of hydrogen-bond donors (Lipinski definition) is 3. The van der Waals surface area contributed by atoms with Crippen LogP contribution in [0.4, 0.5) is 0 Å². The topological polar surface area (TPSA) is 74.0 Å². The lowest BCUT2D eigenvalue weighted by molar-refractivity contribution is 0.402. The summed E-state index contributed by atoms with van der Waals surface area (Å²) in [6, 6.07) is 1.87. The minimum Gasteiger partial charge on any atom is -0.367 e. The fraction of sp³-hybridized carbons (Fsp3) is 0.636. The van der Waals surface area contributed by atoms with Crippen LogP contribution >= 0.6 is 0 Å². The molecule has 96 valence electrons. The molecule has 0 aliphatic carbocycles. The van der Waals surface area contributed by atoms with Gasteiger partial charge in [-0.2, -0.15) is 0 Å². The van der Waals surface area contributed by atoms with Gasteiger partial charge in [0.1, 0.15) is 0 Å². The molecule has 1 aromatic rings. The fourth-order valence-corrected chi connectivity index (χ4v) is 3.51. The maximum atomic E-state index is 11.8. The molecule has 1 fully saturated rings. The summed E-state index contributed by atoms with van der Waals surface area (Å²) in [5, 5.41) is 3.23. The Morgan fingerprint density at radius 3 is 3.00 bits per heavy atom. The molecule has 17 heavy (non-hydrogen) atoms. The SMILES string of the molecule is O=S(=O)(CC1CCCNC1)NCc1cc[nH]c1. The third-order valence-corrected chi connectivity index (χ3v) is 4.51. The quantitative estimate of drug-likeness (QED) is 0.716. The lowest BCUT2D eigenvalue weighted by atomic mass is 10.0. The zero-order valence-corrected chi connectivity index (χ0v) is 10.6. The monoisotopic (exact) mass is 257 g/mol. The molecule has 2 heterocycles. The summed E-state index contributed by atoms with van der Waals surface area (Å²) in [5.41, 5.74) is 0.954. The summed E-state index contributed by atoms with van der Waals surface area (Å²) in [5.74, 6) is 0.470. The van der Waals surface area contributed by atoms with Crippen LogP contribution in [0.3, 0.4) is 0 Å². The molecular weight excluding hydrogens is 238 g/mol. The van der Waals surface area contributed by atoms with Gasteiger partial charge in [-0.05, 0) is 43.5 Å². The van der Waals surface area contributed by atoms with Gasteiger partial charge in [-0.15, -0.1) is 0 Å². The van der Waals surface area contributed by atoms with Gasteiger partial charge < -0.3 is 10.3 Å². The maximum Gasteiger partial charge on any atom is 0.212 e. The molecule has 6 heteroatoms. The van der Waals surface area contributed by atoms with Gasteiger partial charge in [0.25, 0.3) is 0 Å². The number of aromatic nitrogens is 1. The van der Waals surface area contributed by atoms with Crippen LogP contribution in [0.15, 0.2) is 18.5 Å². The number of H-pyrrole nitrogens is 1. The fourth-order valence-electron chi connectivity index (χ4n) is 2.10. The number of hydrogen-bond acceptors (Lipinski definition) is 3. The molecule has 1 aliphatic heterocycles. The van der Waals surface area contributed by atoms with E-state index in [2.05, 4.69) is 15.0 Å². The Hall–Kier alpha value is -0.850. The molecular formula is C11H19N3O2S. The van der Waals surface area contributed by atoms with Crippen molar-refractivity contribution in [2.45, 2.75) is 19.4 Å². The number of aromatic amines is 1. The van der Waals surface area contributed by atoms with E-state index in [0.717, 1.165) is 31.5 Å². The first-order valence-electron chi connectivity index (χ1n) is 5.95. The second-order valence-corrected chi connectivity index (χ2v) is 6.39. The van der Waals surface area contributed by atoms with Gasteiger partial charge in [0.15, 0.2) is 0 Å². The van der Waals surface area contributed by atoms with E-state index in [-0.39, 0.29) is 11.7 Å². The van der Waals surface area contributed by atoms with Gasteiger partial charge >= 0.3 is 0 Å². The highest BCUT2D eigenvalue weighted by atomic mass is 32.2. The Morgan fingerprint density at radius 1 is 1.47 bits per heavy atom. The van der Waals surface area contributed by atoms with Crippen LogP contribution in [-0.2, 0) is 16.6 Å². The van der Waals surface area contributed by atoms with Crippen molar-refractivity contribution in [1.29, 1.82) is 0 Å². The van der Waals surface area contributed by atoms with Gasteiger partial charge in [-0.1, -0.05) is 0 Å². The molecule has 0 aromatic carbocycles. The highest BCUT2D eigenvalue weighted by Gasteiger charge is 2.20. The van der Waals surface area contributed by atoms with Gasteiger partial charge in [0.2, 0.25) is 10.0 Å². The van der Waals surface area contributed by atoms with E-state index in [0.29, 0.717) is 6.54 Å². The van der Waals surface area contributed by atoms with Crippen molar-refractivity contribution in [3.63, 3.8) is 0 Å². The third-order valence-electron chi connectivity index (χ3n) is 3.01. The van der Waals surface area contributed by atoms with Crippen LogP contribution in [0.5, 0.6) is 0 Å². The van der Waals surface area contributed by atoms with Gasteiger partial charge in [0, 0.05) is 18.9 Å². The number of piperidine rings is 1. The molecule has 0 saturated carbocycles. The van der Waals surface area contributed by atoms with Crippen LogP contribution in [0, 0.1) is 5.92 Å². The number of nitrogens with one attached hydrogen (secondary N) is 3. The van der Waals surface area contributed by atoms with Gasteiger partial charge in [0.05, 0.1) is 5.75 Å². The van der Waals surface area contributed by atoms with Crippen molar-refractivity contribution < 1.29 is 8.42 Å². The molecule has 1 aromatic heterocycles. The van der Waals surface area contributed by atoms with Crippen LogP contribution in [0.25, 0.3) is 0 Å². The summed E-state index contributed by atoms with van der Waals surface area (Å²) in [6.07, 6.45) is 5.65. The molecule has 1 aliphatic rings. The zero-order chi connectivity index (χ0) is 12.1. The van der Waals surface area contributed by atoms with E-state index in [9.17, 15) is 8.42 Å². The van der Waals surface area contributed by atoms with E-state index < -0.39 is 10.0 Å². The Morgan fingerprint density at radius 2 is 2.35 bits per heavy atom. The minimum absolute atomic E-state index is 0.227. The maximum absolute atomic E-state index is 11.8. The second-order valence-electron chi connectivity index (χ2n) is 4.53. The first-order chi connectivity index (χ1) is 8.16. The predicted octanol–water partition coefficient (Wildman–Crippen LogP) is 0.434. The average molecular weight is 257 g/mol. The molecule has 0 amide bonds. The van der Waals surface area contributed by atoms with E-state index >= 15 is 0 Å². The van der Waals surface area contributed by atoms with Crippen LogP contribution in [0.2, 0.25) is 0 Å². The first kappa shape index (κ1) is 12.6. The minimum atomic E-state index is -3.16. The summed E-state index contributed by atoms with van der Waals surface area (Å²) in [7, 11) is -3.16. The summed E-state index contributed by atoms with van der Waals surface area (Å²) < 4.78 is 26.3. The van der Waals surface area contributed by atoms with E-state index in [1.54, 1.807) is 12.4 Å². The molecule has 1 unspecified atom stereocenters. The van der Waals surface area contributed by atoms with Crippen LogP contribution in [0.1, 0.15) is 18.4 Å². The highest BCUT2D eigenvalue weighted by molar-refractivity contribution is 7.89. The Bertz CT molecular complexity index is 422. The second kappa shape index (κ2) is 5.66. The third kappa shape index (κ3) is 4.14. The zero-order valence-electron chi connectivity index (χ0n) is 9.78. The first-order valence-corrected chi connectivity index (χ1v) is 7.61. The van der Waals surface area contributed by atoms with Crippen molar-refractivity contribution in [3.05, 3.63) is 24.0 Å². The standard InChI is InChI=1S/C11H19N3O2S/c15-17(16,9-11-2-1-4-12-7-11)14-8-10-3-5-13-6-10/h3,5-6,11-14H,1-2,4,7-9H2. The molecule has 3 N–H and O–H groups in total. The van der Waals surface area contributed by atoms with Crippen LogP contribution < -0.4 is 10.0 Å². The van der Waals surface area contributed by atoms with Gasteiger partial charge in [-0.3, -0.25) is 0 Å². The number of rotatable bonds is 5. The molecule has 0 radical (unpaired) electrons. The normalized spacial score (nSPS) is 21.5. The van der Waals surface area contributed by atoms with E-state index in [1.165, 1.54) is 0 Å².